The van der Waals surface area contributed by atoms with Crippen molar-refractivity contribution in [2.24, 2.45) is 5.14 Å². The van der Waals surface area contributed by atoms with Gasteiger partial charge in [0.25, 0.3) is 0 Å². The lowest BCUT2D eigenvalue weighted by atomic mass is 10.1. The fourth-order valence-electron chi connectivity index (χ4n) is 2.04. The lowest BCUT2D eigenvalue weighted by Crippen LogP contribution is -2.23. The standard InChI is InChI=1S/C16H17ClN2O3S/c17-15-4-2-1-3-13(15)7-10-16(20)19-11-12-5-8-14(9-6-12)23(18,21)22/h1-6,8-9H,7,10-11H2,(H,19,20)(H2,18,21,22). The van der Waals surface area contributed by atoms with Crippen molar-refractivity contribution in [2.45, 2.75) is 24.3 Å². The molecule has 0 fully saturated rings. The van der Waals surface area contributed by atoms with E-state index in [2.05, 4.69) is 5.32 Å². The van der Waals surface area contributed by atoms with E-state index in [9.17, 15) is 13.2 Å². The summed E-state index contributed by atoms with van der Waals surface area (Å²) in [5, 5.41) is 8.46. The molecule has 1 amide bonds. The van der Waals surface area contributed by atoms with E-state index in [-0.39, 0.29) is 10.8 Å². The van der Waals surface area contributed by atoms with Crippen LogP contribution in [-0.4, -0.2) is 14.3 Å². The third kappa shape index (κ3) is 5.35. The van der Waals surface area contributed by atoms with Gasteiger partial charge in [0.05, 0.1) is 4.90 Å². The first-order valence-electron chi connectivity index (χ1n) is 6.98. The summed E-state index contributed by atoms with van der Waals surface area (Å²) in [6.07, 6.45) is 0.898. The number of halogens is 1. The molecule has 0 saturated carbocycles. The van der Waals surface area contributed by atoms with Crippen molar-refractivity contribution >= 4 is 27.5 Å². The molecule has 23 heavy (non-hydrogen) atoms. The Balaban J connectivity index is 1.84. The number of aryl methyl sites for hydroxylation is 1. The number of amides is 1. The summed E-state index contributed by atoms with van der Waals surface area (Å²) in [4.78, 5) is 11.9. The van der Waals surface area contributed by atoms with Gasteiger partial charge in [0.15, 0.2) is 0 Å². The summed E-state index contributed by atoms with van der Waals surface area (Å²) < 4.78 is 22.3. The van der Waals surface area contributed by atoms with E-state index in [0.717, 1.165) is 11.1 Å². The highest BCUT2D eigenvalue weighted by Gasteiger charge is 2.08. The van der Waals surface area contributed by atoms with E-state index in [4.69, 9.17) is 16.7 Å². The first kappa shape index (κ1) is 17.5. The minimum absolute atomic E-state index is 0.0475. The highest BCUT2D eigenvalue weighted by atomic mass is 35.5. The van der Waals surface area contributed by atoms with Gasteiger partial charge in [-0.1, -0.05) is 41.9 Å². The number of benzene rings is 2. The Morgan fingerprint density at radius 3 is 2.35 bits per heavy atom. The zero-order valence-corrected chi connectivity index (χ0v) is 13.9. The molecule has 122 valence electrons. The van der Waals surface area contributed by atoms with Crippen LogP contribution >= 0.6 is 11.6 Å². The highest BCUT2D eigenvalue weighted by molar-refractivity contribution is 7.89. The smallest absolute Gasteiger partial charge is 0.238 e. The third-order valence-corrected chi connectivity index (χ3v) is 4.62. The summed E-state index contributed by atoms with van der Waals surface area (Å²) in [7, 11) is -3.69. The number of nitrogens with one attached hydrogen (secondary N) is 1. The molecule has 0 aliphatic carbocycles. The van der Waals surface area contributed by atoms with Crippen LogP contribution in [0.2, 0.25) is 5.02 Å². The third-order valence-electron chi connectivity index (χ3n) is 3.32. The SMILES string of the molecule is NS(=O)(=O)c1ccc(CNC(=O)CCc2ccccc2Cl)cc1. The van der Waals surface area contributed by atoms with Crippen LogP contribution in [0.5, 0.6) is 0 Å². The van der Waals surface area contributed by atoms with E-state index in [1.807, 2.05) is 18.2 Å². The van der Waals surface area contributed by atoms with Crippen LogP contribution in [-0.2, 0) is 27.8 Å². The van der Waals surface area contributed by atoms with E-state index in [1.165, 1.54) is 12.1 Å². The highest BCUT2D eigenvalue weighted by Crippen LogP contribution is 2.16. The first-order chi connectivity index (χ1) is 10.9. The summed E-state index contributed by atoms with van der Waals surface area (Å²) in [6.45, 7) is 0.326. The predicted octanol–water partition coefficient (Wildman–Crippen LogP) is 2.24. The van der Waals surface area contributed by atoms with Crippen LogP contribution in [0.25, 0.3) is 0 Å². The largest absolute Gasteiger partial charge is 0.352 e. The lowest BCUT2D eigenvalue weighted by molar-refractivity contribution is -0.121. The predicted molar refractivity (Wildman–Crippen MR) is 89.4 cm³/mol. The van der Waals surface area contributed by atoms with Gasteiger partial charge < -0.3 is 5.32 Å². The number of nitrogens with two attached hydrogens (primary N) is 1. The van der Waals surface area contributed by atoms with Gasteiger partial charge in [-0.3, -0.25) is 4.79 Å². The Bertz CT molecular complexity index is 789. The minimum atomic E-state index is -3.69. The topological polar surface area (TPSA) is 89.3 Å². The number of carbonyl (C=O) groups is 1. The second-order valence-corrected chi connectivity index (χ2v) is 7.03. The summed E-state index contributed by atoms with van der Waals surface area (Å²) in [6, 6.07) is 13.5. The second-order valence-electron chi connectivity index (χ2n) is 5.06. The van der Waals surface area contributed by atoms with Gasteiger partial charge in [-0.05, 0) is 35.7 Å². The van der Waals surface area contributed by atoms with Gasteiger partial charge in [0.1, 0.15) is 0 Å². The number of primary sulfonamides is 1. The monoisotopic (exact) mass is 352 g/mol. The van der Waals surface area contributed by atoms with Crippen molar-refractivity contribution < 1.29 is 13.2 Å². The molecule has 0 heterocycles. The molecule has 0 aliphatic heterocycles. The van der Waals surface area contributed by atoms with E-state index in [0.29, 0.717) is 24.4 Å². The van der Waals surface area contributed by atoms with Crippen LogP contribution in [0.4, 0.5) is 0 Å². The van der Waals surface area contributed by atoms with E-state index in [1.54, 1.807) is 18.2 Å². The van der Waals surface area contributed by atoms with Crippen molar-refractivity contribution in [2.75, 3.05) is 0 Å². The fraction of sp³-hybridized carbons (Fsp3) is 0.188. The maximum atomic E-state index is 11.9. The maximum Gasteiger partial charge on any atom is 0.238 e. The van der Waals surface area contributed by atoms with Crippen LogP contribution in [0, 0.1) is 0 Å². The normalized spacial score (nSPS) is 11.2. The molecule has 3 N–H and O–H groups in total. The summed E-state index contributed by atoms with van der Waals surface area (Å²) >= 11 is 6.04. The molecule has 0 aromatic heterocycles. The molecule has 2 aromatic rings. The zero-order valence-electron chi connectivity index (χ0n) is 12.3. The quantitative estimate of drug-likeness (QED) is 0.835. The number of hydrogen-bond donors (Lipinski definition) is 2. The van der Waals surface area contributed by atoms with Gasteiger partial charge in [-0.2, -0.15) is 0 Å². The van der Waals surface area contributed by atoms with Gasteiger partial charge in [0, 0.05) is 18.0 Å². The van der Waals surface area contributed by atoms with Crippen molar-refractivity contribution in [1.29, 1.82) is 0 Å². The Morgan fingerprint density at radius 1 is 1.09 bits per heavy atom. The van der Waals surface area contributed by atoms with E-state index >= 15 is 0 Å². The minimum Gasteiger partial charge on any atom is -0.352 e. The van der Waals surface area contributed by atoms with Crippen molar-refractivity contribution in [1.82, 2.24) is 5.32 Å². The summed E-state index contributed by atoms with van der Waals surface area (Å²) in [5.74, 6) is -0.0968. The zero-order chi connectivity index (χ0) is 16.9. The average molecular weight is 353 g/mol. The molecule has 0 spiro atoms. The number of rotatable bonds is 6. The van der Waals surface area contributed by atoms with Crippen molar-refractivity contribution in [3.05, 3.63) is 64.7 Å². The van der Waals surface area contributed by atoms with Crippen LogP contribution in [0.3, 0.4) is 0 Å². The molecule has 2 rings (SSSR count). The Hall–Kier alpha value is -1.89. The molecule has 0 saturated heterocycles. The molecule has 7 heteroatoms. The van der Waals surface area contributed by atoms with Gasteiger partial charge in [-0.25, -0.2) is 13.6 Å². The van der Waals surface area contributed by atoms with Crippen molar-refractivity contribution in [3.8, 4) is 0 Å². The molecule has 0 bridgehead atoms. The number of carbonyl (C=O) groups excluding carboxylic acids is 1. The first-order valence-corrected chi connectivity index (χ1v) is 8.90. The number of hydrogen-bond acceptors (Lipinski definition) is 3. The second kappa shape index (κ2) is 7.59. The van der Waals surface area contributed by atoms with Gasteiger partial charge in [-0.15, -0.1) is 0 Å². The molecule has 0 radical (unpaired) electrons. The van der Waals surface area contributed by atoms with Crippen molar-refractivity contribution in [3.63, 3.8) is 0 Å². The van der Waals surface area contributed by atoms with Gasteiger partial charge in [0.2, 0.25) is 15.9 Å². The molecule has 0 atom stereocenters. The van der Waals surface area contributed by atoms with Crippen LogP contribution < -0.4 is 10.5 Å². The number of sulfonamides is 1. The van der Waals surface area contributed by atoms with E-state index < -0.39 is 10.0 Å². The Kier molecular flexibility index (Phi) is 5.76. The lowest BCUT2D eigenvalue weighted by Gasteiger charge is -2.07. The molecule has 0 aliphatic rings. The van der Waals surface area contributed by atoms with Crippen LogP contribution in [0.15, 0.2) is 53.4 Å². The molecule has 0 unspecified atom stereocenters. The van der Waals surface area contributed by atoms with Crippen LogP contribution in [0.1, 0.15) is 17.5 Å². The maximum absolute atomic E-state index is 11.9. The van der Waals surface area contributed by atoms with Gasteiger partial charge >= 0.3 is 0 Å². The molecular formula is C16H17ClN2O3S. The summed E-state index contributed by atoms with van der Waals surface area (Å²) in [5.41, 5.74) is 1.73. The fourth-order valence-corrected chi connectivity index (χ4v) is 2.78. The molecule has 5 nitrogen and oxygen atoms in total. The molecular weight excluding hydrogens is 336 g/mol. The Morgan fingerprint density at radius 2 is 1.74 bits per heavy atom. The average Bonchev–Trinajstić information content (AvgIpc) is 2.51. The Labute approximate surface area is 140 Å². The molecule has 2 aromatic carbocycles.